The quantitative estimate of drug-likeness (QED) is 0.566. The standard InChI is InChI=1S/C12H20O/c1-5-10-11(8(2)3)7-6-9(4)12(10)13/h5,8-9,11H,6-7H2,1-4H3. The predicted octanol–water partition coefficient (Wildman–Crippen LogP) is 3.20. The summed E-state index contributed by atoms with van der Waals surface area (Å²) in [6.45, 7) is 8.44. The van der Waals surface area contributed by atoms with E-state index >= 15 is 0 Å². The van der Waals surface area contributed by atoms with Crippen LogP contribution in [0.4, 0.5) is 0 Å². The number of carbonyl (C=O) groups excluding carboxylic acids is 1. The minimum absolute atomic E-state index is 0.251. The van der Waals surface area contributed by atoms with Crippen molar-refractivity contribution in [2.24, 2.45) is 17.8 Å². The van der Waals surface area contributed by atoms with Gasteiger partial charge in [-0.2, -0.15) is 0 Å². The van der Waals surface area contributed by atoms with Crippen molar-refractivity contribution in [1.29, 1.82) is 0 Å². The summed E-state index contributed by atoms with van der Waals surface area (Å²) in [7, 11) is 0. The van der Waals surface area contributed by atoms with E-state index in [2.05, 4.69) is 13.8 Å². The second-order valence-electron chi connectivity index (χ2n) is 4.44. The van der Waals surface area contributed by atoms with Gasteiger partial charge >= 0.3 is 0 Å². The van der Waals surface area contributed by atoms with Gasteiger partial charge in [0.2, 0.25) is 0 Å². The number of Topliss-reactive ketones (excluding diaryl/α,β-unsaturated/α-hetero) is 1. The Balaban J connectivity index is 2.85. The lowest BCUT2D eigenvalue weighted by molar-refractivity contribution is -0.121. The van der Waals surface area contributed by atoms with Crippen LogP contribution in [0.3, 0.4) is 0 Å². The summed E-state index contributed by atoms with van der Waals surface area (Å²) < 4.78 is 0. The number of carbonyl (C=O) groups is 1. The van der Waals surface area contributed by atoms with Gasteiger partial charge in [0.1, 0.15) is 0 Å². The van der Waals surface area contributed by atoms with Crippen molar-refractivity contribution in [3.8, 4) is 0 Å². The second-order valence-corrected chi connectivity index (χ2v) is 4.44. The third-order valence-corrected chi connectivity index (χ3v) is 3.16. The van der Waals surface area contributed by atoms with E-state index < -0.39 is 0 Å². The van der Waals surface area contributed by atoms with Crippen LogP contribution >= 0.6 is 0 Å². The fourth-order valence-electron chi connectivity index (χ4n) is 2.23. The molecule has 0 bridgehead atoms. The number of hydrogen-bond acceptors (Lipinski definition) is 1. The topological polar surface area (TPSA) is 17.1 Å². The van der Waals surface area contributed by atoms with Crippen LogP contribution in [0, 0.1) is 17.8 Å². The van der Waals surface area contributed by atoms with Crippen molar-refractivity contribution in [3.05, 3.63) is 11.6 Å². The molecule has 2 atom stereocenters. The van der Waals surface area contributed by atoms with Gasteiger partial charge in [-0.15, -0.1) is 0 Å². The lowest BCUT2D eigenvalue weighted by atomic mass is 9.73. The molecule has 0 radical (unpaired) electrons. The highest BCUT2D eigenvalue weighted by Gasteiger charge is 2.31. The van der Waals surface area contributed by atoms with Crippen molar-refractivity contribution in [2.45, 2.75) is 40.5 Å². The van der Waals surface area contributed by atoms with Crippen molar-refractivity contribution >= 4 is 5.78 Å². The molecule has 2 unspecified atom stereocenters. The third kappa shape index (κ3) is 2.01. The van der Waals surface area contributed by atoms with Crippen molar-refractivity contribution in [1.82, 2.24) is 0 Å². The van der Waals surface area contributed by atoms with Crippen LogP contribution in [-0.4, -0.2) is 5.78 Å². The van der Waals surface area contributed by atoms with E-state index in [1.165, 1.54) is 6.42 Å². The van der Waals surface area contributed by atoms with Crippen LogP contribution < -0.4 is 0 Å². The Morgan fingerprint density at radius 2 is 2.00 bits per heavy atom. The molecule has 1 fully saturated rings. The Bertz CT molecular complexity index is 225. The van der Waals surface area contributed by atoms with Gasteiger partial charge in [0.25, 0.3) is 0 Å². The number of hydrogen-bond donors (Lipinski definition) is 0. The zero-order chi connectivity index (χ0) is 10.0. The molecule has 1 rings (SSSR count). The van der Waals surface area contributed by atoms with Crippen molar-refractivity contribution < 1.29 is 4.79 Å². The lowest BCUT2D eigenvalue weighted by Gasteiger charge is -2.30. The van der Waals surface area contributed by atoms with Crippen LogP contribution in [0.1, 0.15) is 40.5 Å². The van der Waals surface area contributed by atoms with Crippen molar-refractivity contribution in [2.75, 3.05) is 0 Å². The maximum absolute atomic E-state index is 11.8. The Labute approximate surface area is 81.2 Å². The molecule has 0 aromatic carbocycles. The zero-order valence-electron chi connectivity index (χ0n) is 9.13. The number of allylic oxidation sites excluding steroid dienone is 2. The normalized spacial score (nSPS) is 33.0. The Hall–Kier alpha value is -0.590. The zero-order valence-corrected chi connectivity index (χ0v) is 9.13. The summed E-state index contributed by atoms with van der Waals surface area (Å²) in [6, 6.07) is 0. The van der Waals surface area contributed by atoms with Gasteiger partial charge < -0.3 is 0 Å². The monoisotopic (exact) mass is 180 g/mol. The van der Waals surface area contributed by atoms with Gasteiger partial charge in [-0.05, 0) is 37.2 Å². The minimum atomic E-state index is 0.251. The van der Waals surface area contributed by atoms with E-state index in [9.17, 15) is 4.79 Å². The third-order valence-electron chi connectivity index (χ3n) is 3.16. The van der Waals surface area contributed by atoms with E-state index in [1.807, 2.05) is 19.9 Å². The summed E-state index contributed by atoms with van der Waals surface area (Å²) >= 11 is 0. The van der Waals surface area contributed by atoms with Crippen LogP contribution in [0.2, 0.25) is 0 Å². The van der Waals surface area contributed by atoms with Gasteiger partial charge in [-0.3, -0.25) is 4.79 Å². The average Bonchev–Trinajstić information content (AvgIpc) is 2.09. The summed E-state index contributed by atoms with van der Waals surface area (Å²) in [5.74, 6) is 1.74. The summed E-state index contributed by atoms with van der Waals surface area (Å²) in [5, 5.41) is 0. The Morgan fingerprint density at radius 3 is 2.46 bits per heavy atom. The highest BCUT2D eigenvalue weighted by atomic mass is 16.1. The molecule has 1 nitrogen and oxygen atoms in total. The molecule has 1 saturated carbocycles. The minimum Gasteiger partial charge on any atom is -0.294 e. The Morgan fingerprint density at radius 1 is 1.38 bits per heavy atom. The molecule has 0 saturated heterocycles. The molecule has 0 aromatic rings. The first-order chi connectivity index (χ1) is 6.07. The van der Waals surface area contributed by atoms with Crippen LogP contribution in [0.5, 0.6) is 0 Å². The molecule has 0 aromatic heterocycles. The molecule has 0 amide bonds. The van der Waals surface area contributed by atoms with Gasteiger partial charge in [0.15, 0.2) is 5.78 Å². The highest BCUT2D eigenvalue weighted by molar-refractivity contribution is 5.98. The number of rotatable bonds is 1. The summed E-state index contributed by atoms with van der Waals surface area (Å²) in [6.07, 6.45) is 4.27. The van der Waals surface area contributed by atoms with Crippen LogP contribution in [-0.2, 0) is 4.79 Å². The molecule has 0 heterocycles. The smallest absolute Gasteiger partial charge is 0.161 e. The van der Waals surface area contributed by atoms with E-state index in [1.54, 1.807) is 0 Å². The first-order valence-corrected chi connectivity index (χ1v) is 5.28. The van der Waals surface area contributed by atoms with Crippen LogP contribution in [0.15, 0.2) is 11.6 Å². The van der Waals surface area contributed by atoms with Gasteiger partial charge in [-0.25, -0.2) is 0 Å². The SMILES string of the molecule is CC=C1C(=O)C(C)CCC1C(C)C. The molecule has 13 heavy (non-hydrogen) atoms. The fraction of sp³-hybridized carbons (Fsp3) is 0.750. The van der Waals surface area contributed by atoms with E-state index in [0.717, 1.165) is 12.0 Å². The summed E-state index contributed by atoms with van der Waals surface area (Å²) in [4.78, 5) is 11.8. The predicted molar refractivity (Wildman–Crippen MR) is 55.5 cm³/mol. The lowest BCUT2D eigenvalue weighted by Crippen LogP contribution is -2.28. The van der Waals surface area contributed by atoms with Gasteiger partial charge in [0.05, 0.1) is 0 Å². The molecule has 74 valence electrons. The molecule has 0 spiro atoms. The largest absolute Gasteiger partial charge is 0.294 e. The highest BCUT2D eigenvalue weighted by Crippen LogP contribution is 2.34. The molecular weight excluding hydrogens is 160 g/mol. The molecule has 1 aliphatic rings. The van der Waals surface area contributed by atoms with E-state index in [4.69, 9.17) is 0 Å². The first kappa shape index (κ1) is 10.5. The second kappa shape index (κ2) is 4.08. The molecular formula is C12H20O. The van der Waals surface area contributed by atoms with Crippen LogP contribution in [0.25, 0.3) is 0 Å². The Kier molecular flexibility index (Phi) is 3.29. The molecule has 0 aliphatic heterocycles. The van der Waals surface area contributed by atoms with Gasteiger partial charge in [0, 0.05) is 5.92 Å². The number of ketones is 1. The fourth-order valence-corrected chi connectivity index (χ4v) is 2.23. The maximum Gasteiger partial charge on any atom is 0.161 e. The maximum atomic E-state index is 11.8. The molecule has 0 N–H and O–H groups in total. The van der Waals surface area contributed by atoms with Crippen molar-refractivity contribution in [3.63, 3.8) is 0 Å². The van der Waals surface area contributed by atoms with E-state index in [0.29, 0.717) is 17.6 Å². The molecule has 1 aliphatic carbocycles. The first-order valence-electron chi connectivity index (χ1n) is 5.28. The molecule has 1 heteroatoms. The average molecular weight is 180 g/mol. The van der Waals surface area contributed by atoms with E-state index in [-0.39, 0.29) is 5.92 Å². The summed E-state index contributed by atoms with van der Waals surface area (Å²) in [5.41, 5.74) is 1.08. The van der Waals surface area contributed by atoms with Gasteiger partial charge in [-0.1, -0.05) is 26.8 Å².